The number of aliphatic carboxylic acids is 1. The van der Waals surface area contributed by atoms with Crippen molar-refractivity contribution < 1.29 is 9.90 Å². The number of rotatable bonds is 2. The predicted octanol–water partition coefficient (Wildman–Crippen LogP) is 3.78. The van der Waals surface area contributed by atoms with Crippen LogP contribution in [0.2, 0.25) is 0 Å². The van der Waals surface area contributed by atoms with Crippen LogP contribution in [0.5, 0.6) is 0 Å². The SMILES string of the molecule is O=C(O)C1=C(c2ccccc2)c2ccccc2CS1. The number of carboxylic acids is 1. The molecule has 2 nitrogen and oxygen atoms in total. The van der Waals surface area contributed by atoms with Crippen LogP contribution >= 0.6 is 11.8 Å². The van der Waals surface area contributed by atoms with E-state index in [0.29, 0.717) is 10.7 Å². The van der Waals surface area contributed by atoms with Crippen molar-refractivity contribution in [3.8, 4) is 0 Å². The minimum absolute atomic E-state index is 0.435. The summed E-state index contributed by atoms with van der Waals surface area (Å²) in [6, 6.07) is 17.7. The summed E-state index contributed by atoms with van der Waals surface area (Å²) in [6.07, 6.45) is 0. The van der Waals surface area contributed by atoms with E-state index in [1.807, 2.05) is 48.5 Å². The van der Waals surface area contributed by atoms with E-state index in [0.717, 1.165) is 16.7 Å². The van der Waals surface area contributed by atoms with Crippen LogP contribution in [0, 0.1) is 0 Å². The van der Waals surface area contributed by atoms with Crippen LogP contribution in [-0.4, -0.2) is 11.1 Å². The molecule has 94 valence electrons. The highest BCUT2D eigenvalue weighted by atomic mass is 32.2. The lowest BCUT2D eigenvalue weighted by Gasteiger charge is -2.21. The lowest BCUT2D eigenvalue weighted by Crippen LogP contribution is -2.08. The fourth-order valence-corrected chi connectivity index (χ4v) is 3.34. The molecule has 0 amide bonds. The third-order valence-electron chi connectivity index (χ3n) is 3.14. The summed E-state index contributed by atoms with van der Waals surface area (Å²) >= 11 is 1.40. The van der Waals surface area contributed by atoms with Crippen molar-refractivity contribution >= 4 is 23.3 Å². The number of fused-ring (bicyclic) bond motifs is 1. The maximum Gasteiger partial charge on any atom is 0.342 e. The van der Waals surface area contributed by atoms with Gasteiger partial charge in [0.15, 0.2) is 0 Å². The van der Waals surface area contributed by atoms with Crippen LogP contribution in [-0.2, 0) is 10.5 Å². The highest BCUT2D eigenvalue weighted by Gasteiger charge is 2.24. The van der Waals surface area contributed by atoms with E-state index in [1.54, 1.807) is 0 Å². The van der Waals surface area contributed by atoms with Crippen molar-refractivity contribution in [1.82, 2.24) is 0 Å². The first-order chi connectivity index (χ1) is 9.27. The molecule has 1 heterocycles. The molecule has 1 aliphatic heterocycles. The minimum Gasteiger partial charge on any atom is -0.477 e. The number of hydrogen-bond donors (Lipinski definition) is 1. The zero-order valence-corrected chi connectivity index (χ0v) is 11.0. The minimum atomic E-state index is -0.849. The molecule has 3 heteroatoms. The maximum absolute atomic E-state index is 11.5. The number of carbonyl (C=O) groups is 1. The normalized spacial score (nSPS) is 14.1. The van der Waals surface area contributed by atoms with Crippen molar-refractivity contribution in [3.63, 3.8) is 0 Å². The Kier molecular flexibility index (Phi) is 3.13. The fourth-order valence-electron chi connectivity index (χ4n) is 2.29. The van der Waals surface area contributed by atoms with Gasteiger partial charge in [0.1, 0.15) is 4.91 Å². The molecular formula is C16H12O2S. The summed E-state index contributed by atoms with van der Waals surface area (Å²) < 4.78 is 0. The number of thioether (sulfide) groups is 1. The van der Waals surface area contributed by atoms with Crippen LogP contribution in [0.4, 0.5) is 0 Å². The van der Waals surface area contributed by atoms with Gasteiger partial charge < -0.3 is 5.11 Å². The highest BCUT2D eigenvalue weighted by molar-refractivity contribution is 8.03. The Morgan fingerprint density at radius 2 is 1.68 bits per heavy atom. The summed E-state index contributed by atoms with van der Waals surface area (Å²) in [5.74, 6) is -0.132. The topological polar surface area (TPSA) is 37.3 Å². The molecule has 0 aromatic heterocycles. The Morgan fingerprint density at radius 3 is 2.42 bits per heavy atom. The highest BCUT2D eigenvalue weighted by Crippen LogP contribution is 2.41. The van der Waals surface area contributed by atoms with Gasteiger partial charge in [0.2, 0.25) is 0 Å². The van der Waals surface area contributed by atoms with Crippen LogP contribution in [0.1, 0.15) is 16.7 Å². The molecule has 2 aromatic carbocycles. The van der Waals surface area contributed by atoms with Crippen LogP contribution in [0.3, 0.4) is 0 Å². The van der Waals surface area contributed by atoms with E-state index >= 15 is 0 Å². The molecule has 0 bridgehead atoms. The zero-order chi connectivity index (χ0) is 13.2. The summed E-state index contributed by atoms with van der Waals surface area (Å²) in [6.45, 7) is 0. The second-order valence-electron chi connectivity index (χ2n) is 4.32. The monoisotopic (exact) mass is 268 g/mol. The third kappa shape index (κ3) is 2.17. The molecule has 0 fully saturated rings. The van der Waals surface area contributed by atoms with Gasteiger partial charge in [-0.2, -0.15) is 0 Å². The zero-order valence-electron chi connectivity index (χ0n) is 10.2. The van der Waals surface area contributed by atoms with Gasteiger partial charge in [-0.15, -0.1) is 11.8 Å². The van der Waals surface area contributed by atoms with Crippen LogP contribution in [0.15, 0.2) is 59.5 Å². The second kappa shape index (κ2) is 4.94. The van der Waals surface area contributed by atoms with Crippen molar-refractivity contribution in [1.29, 1.82) is 0 Å². The van der Waals surface area contributed by atoms with Gasteiger partial charge in [0, 0.05) is 11.3 Å². The van der Waals surface area contributed by atoms with Gasteiger partial charge >= 0.3 is 5.97 Å². The van der Waals surface area contributed by atoms with E-state index in [9.17, 15) is 9.90 Å². The third-order valence-corrected chi connectivity index (χ3v) is 4.27. The molecule has 19 heavy (non-hydrogen) atoms. The molecule has 0 radical (unpaired) electrons. The van der Waals surface area contributed by atoms with Crippen molar-refractivity contribution in [3.05, 3.63) is 76.2 Å². The summed E-state index contributed by atoms with van der Waals surface area (Å²) in [4.78, 5) is 11.9. The first kappa shape index (κ1) is 12.1. The van der Waals surface area contributed by atoms with E-state index in [2.05, 4.69) is 6.07 Å². The molecular weight excluding hydrogens is 256 g/mol. The van der Waals surface area contributed by atoms with E-state index in [1.165, 1.54) is 17.3 Å². The van der Waals surface area contributed by atoms with E-state index in [4.69, 9.17) is 0 Å². The standard InChI is InChI=1S/C16H12O2S/c17-16(18)15-14(11-6-2-1-3-7-11)13-9-5-4-8-12(13)10-19-15/h1-9H,10H2,(H,17,18). The molecule has 0 atom stereocenters. The maximum atomic E-state index is 11.5. The molecule has 0 saturated heterocycles. The Morgan fingerprint density at radius 1 is 1.00 bits per heavy atom. The lowest BCUT2D eigenvalue weighted by atomic mass is 9.93. The molecule has 0 aliphatic carbocycles. The Hall–Kier alpha value is -2.00. The fraction of sp³-hybridized carbons (Fsp3) is 0.0625. The van der Waals surface area contributed by atoms with Crippen LogP contribution in [0.25, 0.3) is 5.57 Å². The quantitative estimate of drug-likeness (QED) is 0.900. The van der Waals surface area contributed by atoms with Gasteiger partial charge in [0.25, 0.3) is 0 Å². The van der Waals surface area contributed by atoms with Gasteiger partial charge in [-0.25, -0.2) is 4.79 Å². The molecule has 0 unspecified atom stereocenters. The lowest BCUT2D eigenvalue weighted by molar-refractivity contribution is -0.131. The Labute approximate surface area is 115 Å². The second-order valence-corrected chi connectivity index (χ2v) is 5.31. The molecule has 0 spiro atoms. The summed E-state index contributed by atoms with van der Waals surface area (Å²) in [5, 5.41) is 9.42. The molecule has 3 rings (SSSR count). The largest absolute Gasteiger partial charge is 0.477 e. The number of hydrogen-bond acceptors (Lipinski definition) is 2. The summed E-state index contributed by atoms with van der Waals surface area (Å²) in [5.41, 5.74) is 4.01. The predicted molar refractivity (Wildman–Crippen MR) is 77.8 cm³/mol. The molecule has 1 aliphatic rings. The smallest absolute Gasteiger partial charge is 0.342 e. The Bertz CT molecular complexity index is 659. The van der Waals surface area contributed by atoms with Crippen molar-refractivity contribution in [2.75, 3.05) is 0 Å². The number of carboxylic acid groups (broad SMARTS) is 1. The van der Waals surface area contributed by atoms with Gasteiger partial charge in [-0.1, -0.05) is 54.6 Å². The van der Waals surface area contributed by atoms with Crippen molar-refractivity contribution in [2.45, 2.75) is 5.75 Å². The number of benzene rings is 2. The van der Waals surface area contributed by atoms with Crippen LogP contribution < -0.4 is 0 Å². The average molecular weight is 268 g/mol. The molecule has 2 aromatic rings. The molecule has 0 saturated carbocycles. The average Bonchev–Trinajstić information content (AvgIpc) is 2.46. The Balaban J connectivity index is 2.27. The van der Waals surface area contributed by atoms with E-state index < -0.39 is 5.97 Å². The summed E-state index contributed by atoms with van der Waals surface area (Å²) in [7, 11) is 0. The van der Waals surface area contributed by atoms with Gasteiger partial charge in [-0.3, -0.25) is 0 Å². The molecule has 1 N–H and O–H groups in total. The first-order valence-corrected chi connectivity index (χ1v) is 7.00. The van der Waals surface area contributed by atoms with E-state index in [-0.39, 0.29) is 0 Å². The van der Waals surface area contributed by atoms with Crippen molar-refractivity contribution in [2.24, 2.45) is 0 Å². The van der Waals surface area contributed by atoms with Gasteiger partial charge in [0.05, 0.1) is 0 Å². The first-order valence-electron chi connectivity index (χ1n) is 6.01. The van der Waals surface area contributed by atoms with Gasteiger partial charge in [-0.05, 0) is 16.7 Å².